The monoisotopic (exact) mass is 474 g/mol. The third-order valence-corrected chi connectivity index (χ3v) is 8.37. The Morgan fingerprint density at radius 2 is 1.72 bits per heavy atom. The topological polar surface area (TPSA) is 113 Å². The summed E-state index contributed by atoms with van der Waals surface area (Å²) in [7, 11) is -3.16. The van der Waals surface area contributed by atoms with E-state index >= 15 is 0 Å². The van der Waals surface area contributed by atoms with Gasteiger partial charge < -0.3 is 14.7 Å². The van der Waals surface area contributed by atoms with Gasteiger partial charge in [-0.05, 0) is 42.8 Å². The summed E-state index contributed by atoms with van der Waals surface area (Å²) in [5.41, 5.74) is 0.722. The summed E-state index contributed by atoms with van der Waals surface area (Å²) in [6.45, 7) is 0. The van der Waals surface area contributed by atoms with E-state index in [2.05, 4.69) is 4.99 Å². The summed E-state index contributed by atoms with van der Waals surface area (Å²) in [4.78, 5) is 29.0. The lowest BCUT2D eigenvalue weighted by atomic mass is 10.2. The van der Waals surface area contributed by atoms with Gasteiger partial charge in [-0.25, -0.2) is 8.42 Å². The first-order valence-electron chi connectivity index (χ1n) is 10.1. The molecule has 0 saturated carbocycles. The number of hydrogen-bond donors (Lipinski definition) is 1. The summed E-state index contributed by atoms with van der Waals surface area (Å²) in [6.07, 6.45) is 0.143. The number of anilines is 1. The Bertz CT molecular complexity index is 1130. The van der Waals surface area contributed by atoms with Crippen LogP contribution in [0.25, 0.3) is 0 Å². The maximum absolute atomic E-state index is 12.3. The fourth-order valence-corrected chi connectivity index (χ4v) is 7.65. The molecule has 2 atom stereocenters. The number of sulfone groups is 1. The molecule has 0 bridgehead atoms. The maximum Gasteiger partial charge on any atom is 0.303 e. The fourth-order valence-electron chi connectivity index (χ4n) is 3.72. The zero-order valence-electron chi connectivity index (χ0n) is 17.1. The van der Waals surface area contributed by atoms with Crippen molar-refractivity contribution in [2.45, 2.75) is 30.6 Å². The molecule has 2 fully saturated rings. The molecule has 0 aromatic heterocycles. The number of para-hydroxylation sites is 1. The molecule has 4 rings (SSSR count). The van der Waals surface area contributed by atoms with Gasteiger partial charge in [0.1, 0.15) is 11.5 Å². The Kier molecular flexibility index (Phi) is 6.52. The van der Waals surface area contributed by atoms with Gasteiger partial charge in [-0.2, -0.15) is 4.99 Å². The van der Waals surface area contributed by atoms with Gasteiger partial charge in [0.05, 0.1) is 17.5 Å². The number of aliphatic imine (C=N–C) groups is 1. The second-order valence-corrected chi connectivity index (χ2v) is 11.0. The largest absolute Gasteiger partial charge is 0.481 e. The normalized spacial score (nSPS) is 22.6. The van der Waals surface area contributed by atoms with Crippen LogP contribution in [-0.4, -0.2) is 53.4 Å². The van der Waals surface area contributed by atoms with Crippen LogP contribution >= 0.6 is 11.8 Å². The van der Waals surface area contributed by atoms with E-state index < -0.39 is 21.7 Å². The first-order valence-corrected chi connectivity index (χ1v) is 12.8. The highest BCUT2D eigenvalue weighted by Crippen LogP contribution is 2.41. The van der Waals surface area contributed by atoms with E-state index in [1.807, 2.05) is 42.5 Å². The minimum absolute atomic E-state index is 0.000835. The van der Waals surface area contributed by atoms with Crippen LogP contribution in [0.15, 0.2) is 59.6 Å². The van der Waals surface area contributed by atoms with Crippen molar-refractivity contribution in [2.24, 2.45) is 4.99 Å². The molecule has 2 saturated heterocycles. The number of ether oxygens (including phenoxy) is 1. The van der Waals surface area contributed by atoms with E-state index in [0.29, 0.717) is 16.7 Å². The van der Waals surface area contributed by atoms with Crippen molar-refractivity contribution >= 4 is 44.3 Å². The van der Waals surface area contributed by atoms with Gasteiger partial charge in [0.25, 0.3) is 0 Å². The number of aliphatic carboxylic acids is 1. The molecule has 0 radical (unpaired) electrons. The highest BCUT2D eigenvalue weighted by Gasteiger charge is 2.49. The highest BCUT2D eigenvalue weighted by molar-refractivity contribution is 8.16. The lowest BCUT2D eigenvalue weighted by Crippen LogP contribution is -2.37. The molecule has 0 aliphatic carbocycles. The van der Waals surface area contributed by atoms with Crippen LogP contribution < -0.4 is 9.64 Å². The third-order valence-electron chi connectivity index (χ3n) is 5.16. The lowest BCUT2D eigenvalue weighted by Gasteiger charge is -2.24. The molecule has 0 spiro atoms. The van der Waals surface area contributed by atoms with Gasteiger partial charge in [-0.1, -0.05) is 30.0 Å². The van der Waals surface area contributed by atoms with Crippen molar-refractivity contribution in [1.29, 1.82) is 0 Å². The minimum atomic E-state index is -3.16. The Morgan fingerprint density at radius 1 is 1.03 bits per heavy atom. The SMILES string of the molecule is O=C(O)CCCC(=O)N=C1S[C@@H]2CS(=O)(=O)C[C@H]2N1c1ccc(Oc2ccccc2)cc1. The number of rotatable bonds is 7. The number of amidine groups is 1. The van der Waals surface area contributed by atoms with E-state index in [1.54, 1.807) is 17.0 Å². The van der Waals surface area contributed by atoms with Crippen molar-refractivity contribution in [3.63, 3.8) is 0 Å². The van der Waals surface area contributed by atoms with Crippen molar-refractivity contribution in [3.8, 4) is 11.5 Å². The van der Waals surface area contributed by atoms with Crippen LogP contribution in [0.5, 0.6) is 11.5 Å². The number of amides is 1. The Morgan fingerprint density at radius 3 is 2.41 bits per heavy atom. The van der Waals surface area contributed by atoms with Gasteiger partial charge in [0, 0.05) is 23.8 Å². The number of carboxylic acid groups (broad SMARTS) is 1. The van der Waals surface area contributed by atoms with E-state index in [4.69, 9.17) is 9.84 Å². The molecule has 0 unspecified atom stereocenters. The predicted octanol–water partition coefficient (Wildman–Crippen LogP) is 3.34. The first-order chi connectivity index (χ1) is 15.3. The van der Waals surface area contributed by atoms with Gasteiger partial charge in [-0.15, -0.1) is 0 Å². The van der Waals surface area contributed by atoms with Gasteiger partial charge in [-0.3, -0.25) is 9.59 Å². The number of thioether (sulfide) groups is 1. The van der Waals surface area contributed by atoms with Crippen LogP contribution in [0.4, 0.5) is 5.69 Å². The van der Waals surface area contributed by atoms with Crippen molar-refractivity contribution in [3.05, 3.63) is 54.6 Å². The number of nitrogens with zero attached hydrogens (tertiary/aromatic N) is 2. The standard InChI is InChI=1S/C22H22N2O6S2/c25-20(7-4-8-21(26)27)23-22-24(18-13-32(28,29)14-19(18)31-22)15-9-11-17(12-10-15)30-16-5-2-1-3-6-16/h1-3,5-6,9-12,18-19H,4,7-8,13-14H2,(H,26,27)/t18-,19-/m1/s1. The quantitative estimate of drug-likeness (QED) is 0.650. The van der Waals surface area contributed by atoms with Crippen LogP contribution in [0.1, 0.15) is 19.3 Å². The van der Waals surface area contributed by atoms with E-state index in [0.717, 1.165) is 5.69 Å². The van der Waals surface area contributed by atoms with E-state index in [-0.39, 0.29) is 42.1 Å². The summed E-state index contributed by atoms with van der Waals surface area (Å²) in [6, 6.07) is 16.2. The van der Waals surface area contributed by atoms with Gasteiger partial charge >= 0.3 is 5.97 Å². The van der Waals surface area contributed by atoms with Crippen molar-refractivity contribution in [1.82, 2.24) is 0 Å². The summed E-state index contributed by atoms with van der Waals surface area (Å²) >= 11 is 1.29. The lowest BCUT2D eigenvalue weighted by molar-refractivity contribution is -0.137. The van der Waals surface area contributed by atoms with Gasteiger partial charge in [0.2, 0.25) is 5.91 Å². The molecule has 1 amide bonds. The number of carbonyl (C=O) groups excluding carboxylic acids is 1. The van der Waals surface area contributed by atoms with E-state index in [9.17, 15) is 18.0 Å². The third kappa shape index (κ3) is 5.31. The van der Waals surface area contributed by atoms with E-state index in [1.165, 1.54) is 11.8 Å². The number of benzene rings is 2. The predicted molar refractivity (Wildman–Crippen MR) is 123 cm³/mol. The van der Waals surface area contributed by atoms with Crippen molar-refractivity contribution in [2.75, 3.05) is 16.4 Å². The minimum Gasteiger partial charge on any atom is -0.481 e. The number of fused-ring (bicyclic) bond motifs is 1. The smallest absolute Gasteiger partial charge is 0.303 e. The van der Waals surface area contributed by atoms with Crippen LogP contribution in [0.3, 0.4) is 0 Å². The zero-order chi connectivity index (χ0) is 22.7. The zero-order valence-corrected chi connectivity index (χ0v) is 18.7. The van der Waals surface area contributed by atoms with Crippen LogP contribution in [-0.2, 0) is 19.4 Å². The molecule has 10 heteroatoms. The average molecular weight is 475 g/mol. The maximum atomic E-state index is 12.3. The molecule has 168 valence electrons. The van der Waals surface area contributed by atoms with Crippen LogP contribution in [0.2, 0.25) is 0 Å². The number of carboxylic acids is 1. The Balaban J connectivity index is 1.55. The molecule has 2 aliphatic rings. The second-order valence-electron chi connectivity index (χ2n) is 7.61. The molecule has 2 heterocycles. The number of carbonyl (C=O) groups is 2. The molecule has 2 aliphatic heterocycles. The van der Waals surface area contributed by atoms with Crippen molar-refractivity contribution < 1.29 is 27.9 Å². The average Bonchev–Trinajstić information content (AvgIpc) is 3.20. The highest BCUT2D eigenvalue weighted by atomic mass is 32.2. The molecule has 1 N–H and O–H groups in total. The van der Waals surface area contributed by atoms with Gasteiger partial charge in [0.15, 0.2) is 15.0 Å². The molecule has 8 nitrogen and oxygen atoms in total. The fraction of sp³-hybridized carbons (Fsp3) is 0.318. The Labute approximate surface area is 190 Å². The molecule has 32 heavy (non-hydrogen) atoms. The second kappa shape index (κ2) is 9.33. The van der Waals surface area contributed by atoms with Crippen LogP contribution in [0, 0.1) is 0 Å². The Hall–Kier alpha value is -2.85. The summed E-state index contributed by atoms with van der Waals surface area (Å²) in [5, 5.41) is 9.00. The number of hydrogen-bond acceptors (Lipinski definition) is 6. The molecular weight excluding hydrogens is 452 g/mol. The molecular formula is C22H22N2O6S2. The molecule has 2 aromatic rings. The first kappa shape index (κ1) is 22.3. The summed E-state index contributed by atoms with van der Waals surface area (Å²) < 4.78 is 30.2. The summed E-state index contributed by atoms with van der Waals surface area (Å²) in [5.74, 6) is 0.00336. The molecule has 2 aromatic carbocycles.